The number of pyridine rings is 1. The molecule has 1 amide bonds. The molecule has 2 saturated heterocycles. The third-order valence-corrected chi connectivity index (χ3v) is 12.9. The number of rotatable bonds is 11. The van der Waals surface area contributed by atoms with Crippen molar-refractivity contribution in [3.05, 3.63) is 111 Å². The number of aromatic amines is 1. The SMILES string of the molecule is O=C(NS(=O)(=O)c1ccc(NCC2CCOCC2)c([N+](=O)[O-])c1)c1ccc(N2CCN([C@@H]3CCCCc4c(Cl)cccc43)CC2)cc1Oc1cnc2[nH]ccc2c1. The van der Waals surface area contributed by atoms with Crippen LogP contribution in [0, 0.1) is 16.0 Å². The number of anilines is 2. The van der Waals surface area contributed by atoms with E-state index in [1.54, 1.807) is 30.5 Å². The monoisotopic (exact) mass is 813 g/mol. The van der Waals surface area contributed by atoms with Crippen LogP contribution in [-0.4, -0.2) is 80.1 Å². The lowest BCUT2D eigenvalue weighted by atomic mass is 9.97. The van der Waals surface area contributed by atoms with Gasteiger partial charge in [-0.2, -0.15) is 0 Å². The molecule has 5 aromatic rings. The van der Waals surface area contributed by atoms with Crippen molar-refractivity contribution >= 4 is 55.6 Å². The van der Waals surface area contributed by atoms with Crippen LogP contribution >= 0.6 is 11.6 Å². The van der Waals surface area contributed by atoms with Gasteiger partial charge in [0.2, 0.25) is 0 Å². The molecule has 2 aromatic heterocycles. The minimum absolute atomic E-state index is 0.0358. The molecule has 0 bridgehead atoms. The van der Waals surface area contributed by atoms with E-state index in [0.29, 0.717) is 31.2 Å². The van der Waals surface area contributed by atoms with E-state index in [2.05, 4.69) is 35.9 Å². The lowest BCUT2D eigenvalue weighted by molar-refractivity contribution is -0.384. The number of fused-ring (bicyclic) bond motifs is 2. The topological polar surface area (TPSA) is 172 Å². The van der Waals surface area contributed by atoms with Gasteiger partial charge in [-0.15, -0.1) is 0 Å². The standard InChI is InChI=1S/C41H44ClN7O7S/c42-35-6-3-5-33-32(35)4-1-2-7-37(33)48-18-16-47(17-19-48)29-8-10-34(39(23-29)56-30-22-28-12-15-43-40(28)45-26-30)41(50)46-57(53,54)31-9-11-36(38(24-31)49(51)52)44-25-27-13-20-55-21-14-27/h3,5-6,8-12,15,22-24,26-27,37,44H,1-2,4,7,13-14,16-21,25H2,(H,43,45)(H,46,50)/t37-/m1/s1. The Bertz CT molecular complexity index is 2390. The van der Waals surface area contributed by atoms with Crippen LogP contribution in [0.1, 0.15) is 59.6 Å². The summed E-state index contributed by atoms with van der Waals surface area (Å²) >= 11 is 6.64. The molecule has 0 saturated carbocycles. The normalized spacial score (nSPS) is 18.1. The molecular formula is C41H44ClN7O7S. The number of piperazine rings is 1. The fourth-order valence-electron chi connectivity index (χ4n) is 8.12. The number of aromatic nitrogens is 2. The van der Waals surface area contributed by atoms with Crippen LogP contribution in [-0.2, 0) is 21.2 Å². The van der Waals surface area contributed by atoms with Crippen molar-refractivity contribution in [2.24, 2.45) is 5.92 Å². The van der Waals surface area contributed by atoms with E-state index in [1.807, 2.05) is 18.2 Å². The first kappa shape index (κ1) is 38.6. The Hall–Kier alpha value is -5.22. The van der Waals surface area contributed by atoms with Crippen LogP contribution in [0.15, 0.2) is 84.0 Å². The zero-order chi connectivity index (χ0) is 39.5. The summed E-state index contributed by atoms with van der Waals surface area (Å²) in [6.07, 6.45) is 9.24. The summed E-state index contributed by atoms with van der Waals surface area (Å²) in [6.45, 7) is 4.82. The van der Waals surface area contributed by atoms with Gasteiger partial charge in [0.05, 0.1) is 21.6 Å². The largest absolute Gasteiger partial charge is 0.455 e. The Kier molecular flexibility index (Phi) is 11.3. The Balaban J connectivity index is 1.02. The van der Waals surface area contributed by atoms with Gasteiger partial charge in [-0.1, -0.05) is 30.2 Å². The van der Waals surface area contributed by atoms with Crippen LogP contribution < -0.4 is 19.7 Å². The molecule has 14 nitrogen and oxygen atoms in total. The molecule has 2 aliphatic heterocycles. The predicted molar refractivity (Wildman–Crippen MR) is 218 cm³/mol. The number of H-pyrrole nitrogens is 1. The Morgan fingerprint density at radius 1 is 1.02 bits per heavy atom. The fourth-order valence-corrected chi connectivity index (χ4v) is 9.38. The molecule has 57 heavy (non-hydrogen) atoms. The number of ether oxygens (including phenoxy) is 2. The van der Waals surface area contributed by atoms with Crippen molar-refractivity contribution in [2.45, 2.75) is 49.5 Å². The molecular weight excluding hydrogens is 770 g/mol. The van der Waals surface area contributed by atoms with E-state index in [0.717, 1.165) is 86.9 Å². The highest BCUT2D eigenvalue weighted by Crippen LogP contribution is 2.38. The van der Waals surface area contributed by atoms with Gasteiger partial charge in [0.15, 0.2) is 0 Å². The van der Waals surface area contributed by atoms with Gasteiger partial charge in [-0.05, 0) is 91.6 Å². The number of hydrogen-bond donors (Lipinski definition) is 3. The number of halogens is 1. The van der Waals surface area contributed by atoms with E-state index in [-0.39, 0.29) is 29.0 Å². The molecule has 298 valence electrons. The molecule has 1 atom stereocenters. The van der Waals surface area contributed by atoms with Gasteiger partial charge in [0.25, 0.3) is 21.6 Å². The van der Waals surface area contributed by atoms with E-state index >= 15 is 0 Å². The summed E-state index contributed by atoms with van der Waals surface area (Å²) in [4.78, 5) is 37.0. The second-order valence-corrected chi connectivity index (χ2v) is 16.9. The summed E-state index contributed by atoms with van der Waals surface area (Å²) in [5.74, 6) is -0.192. The van der Waals surface area contributed by atoms with Gasteiger partial charge in [-0.25, -0.2) is 18.1 Å². The van der Waals surface area contributed by atoms with Gasteiger partial charge >= 0.3 is 0 Å². The van der Waals surface area contributed by atoms with Gasteiger partial charge in [-0.3, -0.25) is 19.8 Å². The number of nitro benzene ring substituents is 1. The highest BCUT2D eigenvalue weighted by molar-refractivity contribution is 7.90. The van der Waals surface area contributed by atoms with Crippen LogP contribution in [0.2, 0.25) is 5.02 Å². The molecule has 0 radical (unpaired) electrons. The predicted octanol–water partition coefficient (Wildman–Crippen LogP) is 7.46. The van der Waals surface area contributed by atoms with Crippen molar-refractivity contribution in [2.75, 3.05) is 56.2 Å². The first-order valence-corrected chi connectivity index (χ1v) is 21.2. The molecule has 4 heterocycles. The van der Waals surface area contributed by atoms with Gasteiger partial charge in [0.1, 0.15) is 22.8 Å². The number of carbonyl (C=O) groups is 1. The number of benzene rings is 3. The number of amides is 1. The third kappa shape index (κ3) is 8.56. The van der Waals surface area contributed by atoms with Crippen LogP contribution in [0.25, 0.3) is 11.0 Å². The van der Waals surface area contributed by atoms with Crippen molar-refractivity contribution in [3.8, 4) is 11.5 Å². The highest BCUT2D eigenvalue weighted by Gasteiger charge is 2.30. The second kappa shape index (κ2) is 16.7. The van der Waals surface area contributed by atoms with E-state index < -0.39 is 31.4 Å². The summed E-state index contributed by atoms with van der Waals surface area (Å²) in [5.41, 5.74) is 3.79. The number of nitro groups is 1. The van der Waals surface area contributed by atoms with E-state index in [9.17, 15) is 23.3 Å². The molecule has 16 heteroatoms. The zero-order valence-electron chi connectivity index (χ0n) is 31.3. The first-order chi connectivity index (χ1) is 27.6. The maximum atomic E-state index is 13.9. The minimum Gasteiger partial charge on any atom is -0.455 e. The summed E-state index contributed by atoms with van der Waals surface area (Å²) in [5, 5.41) is 16.8. The average molecular weight is 814 g/mol. The molecule has 0 unspecified atom stereocenters. The molecule has 2 fully saturated rings. The Labute approximate surface area is 335 Å². The fraction of sp³-hybridized carbons (Fsp3) is 0.366. The van der Waals surface area contributed by atoms with Crippen LogP contribution in [0.4, 0.5) is 17.1 Å². The van der Waals surface area contributed by atoms with Crippen molar-refractivity contribution in [3.63, 3.8) is 0 Å². The van der Waals surface area contributed by atoms with E-state index in [4.69, 9.17) is 21.1 Å². The molecule has 3 aliphatic rings. The van der Waals surface area contributed by atoms with Crippen molar-refractivity contribution in [1.29, 1.82) is 0 Å². The van der Waals surface area contributed by atoms with Gasteiger partial charge < -0.3 is 24.7 Å². The zero-order valence-corrected chi connectivity index (χ0v) is 32.9. The highest BCUT2D eigenvalue weighted by atomic mass is 35.5. The minimum atomic E-state index is -4.55. The maximum Gasteiger partial charge on any atom is 0.293 e. The first-order valence-electron chi connectivity index (χ1n) is 19.3. The van der Waals surface area contributed by atoms with E-state index in [1.165, 1.54) is 29.5 Å². The maximum absolute atomic E-state index is 13.9. The van der Waals surface area contributed by atoms with Crippen molar-refractivity contribution in [1.82, 2.24) is 19.6 Å². The van der Waals surface area contributed by atoms with Crippen LogP contribution in [0.3, 0.4) is 0 Å². The molecule has 0 spiro atoms. The van der Waals surface area contributed by atoms with Gasteiger partial charge in [0, 0.05) is 86.4 Å². The molecule has 8 rings (SSSR count). The third-order valence-electron chi connectivity index (χ3n) is 11.2. The lowest BCUT2D eigenvalue weighted by Gasteiger charge is -2.40. The quantitative estimate of drug-likeness (QED) is 0.0687. The number of nitrogens with zero attached hydrogens (tertiary/aromatic N) is 4. The number of hydrogen-bond acceptors (Lipinski definition) is 11. The van der Waals surface area contributed by atoms with Crippen LogP contribution in [0.5, 0.6) is 11.5 Å². The van der Waals surface area contributed by atoms with Crippen molar-refractivity contribution < 1.29 is 27.6 Å². The number of sulfonamides is 1. The average Bonchev–Trinajstić information content (AvgIpc) is 3.58. The summed E-state index contributed by atoms with van der Waals surface area (Å²) in [6, 6.07) is 18.7. The number of carbonyl (C=O) groups excluding carboxylic acids is 1. The summed E-state index contributed by atoms with van der Waals surface area (Å²) < 4.78 is 41.1. The second-order valence-electron chi connectivity index (χ2n) is 14.8. The summed E-state index contributed by atoms with van der Waals surface area (Å²) in [7, 11) is -4.55. The molecule has 1 aliphatic carbocycles. The smallest absolute Gasteiger partial charge is 0.293 e. The molecule has 3 aromatic carbocycles. The Morgan fingerprint density at radius 2 is 1.84 bits per heavy atom. The number of nitrogens with one attached hydrogen (secondary N) is 3. The lowest BCUT2D eigenvalue weighted by Crippen LogP contribution is -2.47. The molecule has 3 N–H and O–H groups in total. The Morgan fingerprint density at radius 3 is 2.65 bits per heavy atom.